The molecule has 0 aliphatic carbocycles. The van der Waals surface area contributed by atoms with Crippen LogP contribution in [0.5, 0.6) is 23.0 Å². The summed E-state index contributed by atoms with van der Waals surface area (Å²) in [6.07, 6.45) is 3.74. The van der Waals surface area contributed by atoms with Crippen LogP contribution in [0.25, 0.3) is 6.08 Å². The van der Waals surface area contributed by atoms with Crippen LogP contribution in [0.3, 0.4) is 0 Å². The first-order valence-electron chi connectivity index (χ1n) is 10.3. The lowest BCUT2D eigenvalue weighted by molar-refractivity contribution is -0.142. The minimum Gasteiger partial charge on any atom is -0.493 e. The fourth-order valence-corrected chi connectivity index (χ4v) is 3.77. The van der Waals surface area contributed by atoms with Gasteiger partial charge in [0.05, 0.1) is 19.8 Å². The highest BCUT2D eigenvalue weighted by Gasteiger charge is 2.28. The predicted octanol–water partition coefficient (Wildman–Crippen LogP) is 3.02. The topological polar surface area (TPSA) is 120 Å². The van der Waals surface area contributed by atoms with Gasteiger partial charge in [-0.3, -0.25) is 9.59 Å². The van der Waals surface area contributed by atoms with E-state index in [1.807, 2.05) is 6.26 Å². The quantitative estimate of drug-likeness (QED) is 0.461. The molecule has 0 spiro atoms. The molecule has 0 radical (unpaired) electrons. The number of hydrogen-bond donors (Lipinski definition) is 2. The first-order chi connectivity index (χ1) is 16.4. The van der Waals surface area contributed by atoms with E-state index in [1.54, 1.807) is 36.4 Å². The van der Waals surface area contributed by atoms with Crippen molar-refractivity contribution in [3.63, 3.8) is 0 Å². The number of carbonyl (C=O) groups excluding carboxylic acids is 2. The van der Waals surface area contributed by atoms with Gasteiger partial charge in [-0.1, -0.05) is 12.1 Å². The zero-order chi connectivity index (χ0) is 24.7. The molecular formula is C24H25NO8S. The third kappa shape index (κ3) is 5.82. The lowest BCUT2D eigenvalue weighted by Crippen LogP contribution is -2.43. The van der Waals surface area contributed by atoms with Crippen LogP contribution in [0.2, 0.25) is 0 Å². The Balaban J connectivity index is 1.68. The van der Waals surface area contributed by atoms with Crippen LogP contribution in [0.15, 0.2) is 42.2 Å². The van der Waals surface area contributed by atoms with Crippen molar-refractivity contribution in [1.82, 2.24) is 5.32 Å². The minimum atomic E-state index is -1.10. The van der Waals surface area contributed by atoms with Gasteiger partial charge in [-0.15, -0.1) is 0 Å². The molecule has 1 amide bonds. The number of rotatable bonds is 11. The Hall–Kier alpha value is -3.66. The third-order valence-corrected chi connectivity index (χ3v) is 5.62. The predicted molar refractivity (Wildman–Crippen MR) is 127 cm³/mol. The number of ether oxygens (including phenoxy) is 4. The number of carboxylic acids is 1. The molecule has 2 N–H and O–H groups in total. The van der Waals surface area contributed by atoms with Crippen LogP contribution < -0.4 is 24.3 Å². The number of aliphatic carboxylic acids is 1. The van der Waals surface area contributed by atoms with Crippen LogP contribution in [-0.2, 0) is 9.59 Å². The van der Waals surface area contributed by atoms with E-state index in [2.05, 4.69) is 5.32 Å². The number of hydrogen-bond acceptors (Lipinski definition) is 8. The molecule has 0 fully saturated rings. The number of para-hydroxylation sites is 1. The average molecular weight is 488 g/mol. The van der Waals surface area contributed by atoms with Gasteiger partial charge < -0.3 is 29.4 Å². The van der Waals surface area contributed by atoms with Gasteiger partial charge in [-0.25, -0.2) is 4.79 Å². The van der Waals surface area contributed by atoms with Crippen molar-refractivity contribution in [3.8, 4) is 23.0 Å². The molecule has 1 aliphatic heterocycles. The summed E-state index contributed by atoms with van der Waals surface area (Å²) < 4.78 is 21.9. The Bertz CT molecular complexity index is 1110. The van der Waals surface area contributed by atoms with Crippen molar-refractivity contribution in [2.24, 2.45) is 0 Å². The van der Waals surface area contributed by atoms with Crippen molar-refractivity contribution in [1.29, 1.82) is 0 Å². The highest BCUT2D eigenvalue weighted by molar-refractivity contribution is 7.98. The summed E-state index contributed by atoms with van der Waals surface area (Å²) in [7, 11) is 3.03. The lowest BCUT2D eigenvalue weighted by Gasteiger charge is -2.14. The summed E-state index contributed by atoms with van der Waals surface area (Å²) in [6.45, 7) is -0.376. The smallest absolute Gasteiger partial charge is 0.326 e. The normalized spacial score (nSPS) is 14.2. The van der Waals surface area contributed by atoms with E-state index in [1.165, 1.54) is 32.0 Å². The molecule has 1 unspecified atom stereocenters. The fraction of sp³-hybridized carbons (Fsp3) is 0.292. The van der Waals surface area contributed by atoms with Crippen LogP contribution in [0, 0.1) is 0 Å². The van der Waals surface area contributed by atoms with Crippen molar-refractivity contribution >= 4 is 35.5 Å². The van der Waals surface area contributed by atoms with Gasteiger partial charge in [0.1, 0.15) is 17.5 Å². The van der Waals surface area contributed by atoms with Gasteiger partial charge in [-0.2, -0.15) is 11.8 Å². The second kappa shape index (κ2) is 11.5. The SMILES string of the molecule is COc1cccc(/C=C2\Oc3cc(OCC(=O)NC(CCSC)C(=O)O)ccc3C2=O)c1OC. The number of ketones is 1. The molecule has 3 rings (SSSR count). The van der Waals surface area contributed by atoms with Crippen molar-refractivity contribution < 1.29 is 38.4 Å². The number of nitrogens with one attached hydrogen (secondary N) is 1. The molecule has 2 aromatic rings. The number of carboxylic acid groups (broad SMARTS) is 1. The summed E-state index contributed by atoms with van der Waals surface area (Å²) in [6, 6.07) is 8.90. The van der Waals surface area contributed by atoms with Crippen LogP contribution in [-0.4, -0.2) is 61.6 Å². The maximum Gasteiger partial charge on any atom is 0.326 e. The van der Waals surface area contributed by atoms with E-state index in [9.17, 15) is 19.5 Å². The van der Waals surface area contributed by atoms with E-state index in [0.717, 1.165) is 0 Å². The first kappa shape index (κ1) is 25.0. The van der Waals surface area contributed by atoms with Gasteiger partial charge in [0.15, 0.2) is 23.9 Å². The molecule has 1 heterocycles. The van der Waals surface area contributed by atoms with Crippen LogP contribution in [0.4, 0.5) is 0 Å². The van der Waals surface area contributed by atoms with Gasteiger partial charge >= 0.3 is 5.97 Å². The third-order valence-electron chi connectivity index (χ3n) is 4.98. The summed E-state index contributed by atoms with van der Waals surface area (Å²) in [5.74, 6) is 0.334. The molecule has 180 valence electrons. The molecule has 9 nitrogen and oxygen atoms in total. The molecular weight excluding hydrogens is 462 g/mol. The molecule has 1 aliphatic rings. The molecule has 2 aromatic carbocycles. The van der Waals surface area contributed by atoms with Gasteiger partial charge in [-0.05, 0) is 42.7 Å². The van der Waals surface area contributed by atoms with E-state index in [0.29, 0.717) is 46.3 Å². The van der Waals surface area contributed by atoms with Crippen molar-refractivity contribution in [2.75, 3.05) is 32.8 Å². The Kier molecular flexibility index (Phi) is 8.42. The monoisotopic (exact) mass is 487 g/mol. The zero-order valence-corrected chi connectivity index (χ0v) is 19.8. The average Bonchev–Trinajstić information content (AvgIpc) is 3.14. The molecule has 0 saturated heterocycles. The lowest BCUT2D eigenvalue weighted by atomic mass is 10.1. The van der Waals surface area contributed by atoms with Crippen molar-refractivity contribution in [3.05, 3.63) is 53.3 Å². The molecule has 0 bridgehead atoms. The van der Waals surface area contributed by atoms with E-state index in [4.69, 9.17) is 18.9 Å². The second-order valence-electron chi connectivity index (χ2n) is 7.21. The molecule has 0 aromatic heterocycles. The Morgan fingerprint density at radius 2 is 2.00 bits per heavy atom. The summed E-state index contributed by atoms with van der Waals surface area (Å²) in [5, 5.41) is 11.7. The maximum absolute atomic E-state index is 12.8. The largest absolute Gasteiger partial charge is 0.493 e. The minimum absolute atomic E-state index is 0.106. The van der Waals surface area contributed by atoms with E-state index < -0.39 is 17.9 Å². The Morgan fingerprint density at radius 3 is 2.68 bits per heavy atom. The number of allylic oxidation sites excluding steroid dienone is 1. The number of methoxy groups -OCH3 is 2. The van der Waals surface area contributed by atoms with Gasteiger partial charge in [0.2, 0.25) is 5.78 Å². The maximum atomic E-state index is 12.8. The van der Waals surface area contributed by atoms with Crippen LogP contribution >= 0.6 is 11.8 Å². The number of carbonyl (C=O) groups is 3. The Labute approximate surface area is 201 Å². The number of benzene rings is 2. The standard InChI is InChI=1S/C24H25NO8S/c1-30-18-6-4-5-14(23(18)31-2)11-20-22(27)16-8-7-15(12-19(16)33-20)32-13-21(26)25-17(24(28)29)9-10-34-3/h4-8,11-12,17H,9-10,13H2,1-3H3,(H,25,26)(H,28,29)/b20-11-. The number of fused-ring (bicyclic) bond motifs is 1. The first-order valence-corrected chi connectivity index (χ1v) is 11.7. The zero-order valence-electron chi connectivity index (χ0n) is 19.0. The van der Waals surface area contributed by atoms with Gasteiger partial charge in [0.25, 0.3) is 5.91 Å². The number of amides is 1. The number of thioether (sulfide) groups is 1. The molecule has 1 atom stereocenters. The van der Waals surface area contributed by atoms with Crippen molar-refractivity contribution in [2.45, 2.75) is 12.5 Å². The highest BCUT2D eigenvalue weighted by atomic mass is 32.2. The Morgan fingerprint density at radius 1 is 1.21 bits per heavy atom. The summed E-state index contributed by atoms with van der Waals surface area (Å²) >= 11 is 1.50. The molecule has 34 heavy (non-hydrogen) atoms. The molecule has 10 heteroatoms. The van der Waals surface area contributed by atoms with E-state index >= 15 is 0 Å². The number of Topliss-reactive ketones (excluding diaryl/α,β-unsaturated/α-hetero) is 1. The van der Waals surface area contributed by atoms with Gasteiger partial charge in [0, 0.05) is 11.6 Å². The fourth-order valence-electron chi connectivity index (χ4n) is 3.30. The highest BCUT2D eigenvalue weighted by Crippen LogP contribution is 2.37. The summed E-state index contributed by atoms with van der Waals surface area (Å²) in [4.78, 5) is 36.2. The summed E-state index contributed by atoms with van der Waals surface area (Å²) in [5.41, 5.74) is 0.966. The van der Waals surface area contributed by atoms with E-state index in [-0.39, 0.29) is 18.1 Å². The second-order valence-corrected chi connectivity index (χ2v) is 8.19. The molecule has 0 saturated carbocycles. The van der Waals surface area contributed by atoms with Crippen LogP contribution in [0.1, 0.15) is 22.3 Å².